The van der Waals surface area contributed by atoms with Gasteiger partial charge in [-0.05, 0) is 30.0 Å². The third-order valence-electron chi connectivity index (χ3n) is 3.44. The standard InChI is InChI=1S/C12H12ClNO3/c13-11(15)12(6-1-2-7-12)9-4-3-5-10(8-9)14(16)17/h3-5,8H,1-2,6-7H2. The number of halogens is 1. The minimum absolute atomic E-state index is 0.00620. The van der Waals surface area contributed by atoms with E-state index in [1.165, 1.54) is 12.1 Å². The normalized spacial score (nSPS) is 17.9. The van der Waals surface area contributed by atoms with Crippen molar-refractivity contribution in [3.05, 3.63) is 39.9 Å². The van der Waals surface area contributed by atoms with Gasteiger partial charge in [-0.15, -0.1) is 0 Å². The molecule has 1 fully saturated rings. The second-order valence-corrected chi connectivity index (χ2v) is 4.71. The molecule has 1 aromatic carbocycles. The number of carbonyl (C=O) groups excluding carboxylic acids is 1. The first kappa shape index (κ1) is 12.0. The Morgan fingerprint density at radius 2 is 2.00 bits per heavy atom. The van der Waals surface area contributed by atoms with Crippen LogP contribution >= 0.6 is 11.6 Å². The summed E-state index contributed by atoms with van der Waals surface area (Å²) in [4.78, 5) is 21.9. The van der Waals surface area contributed by atoms with Gasteiger partial charge in [0.05, 0.1) is 10.3 Å². The largest absolute Gasteiger partial charge is 0.280 e. The lowest BCUT2D eigenvalue weighted by Gasteiger charge is -2.24. The monoisotopic (exact) mass is 253 g/mol. The third-order valence-corrected chi connectivity index (χ3v) is 3.80. The van der Waals surface area contributed by atoms with E-state index in [1.54, 1.807) is 12.1 Å². The Hall–Kier alpha value is -1.42. The van der Waals surface area contributed by atoms with Crippen molar-refractivity contribution in [3.63, 3.8) is 0 Å². The average molecular weight is 254 g/mol. The van der Waals surface area contributed by atoms with Gasteiger partial charge in [0.2, 0.25) is 5.24 Å². The highest BCUT2D eigenvalue weighted by atomic mass is 35.5. The first-order valence-corrected chi connectivity index (χ1v) is 5.89. The van der Waals surface area contributed by atoms with E-state index in [-0.39, 0.29) is 5.69 Å². The van der Waals surface area contributed by atoms with Crippen LogP contribution in [0.15, 0.2) is 24.3 Å². The van der Waals surface area contributed by atoms with Gasteiger partial charge in [0.25, 0.3) is 5.69 Å². The molecule has 0 radical (unpaired) electrons. The predicted molar refractivity (Wildman–Crippen MR) is 64.1 cm³/mol. The van der Waals surface area contributed by atoms with Gasteiger partial charge in [0.15, 0.2) is 0 Å². The number of nitrogens with zero attached hydrogens (tertiary/aromatic N) is 1. The number of carbonyl (C=O) groups is 1. The molecular formula is C12H12ClNO3. The quantitative estimate of drug-likeness (QED) is 0.472. The zero-order valence-corrected chi connectivity index (χ0v) is 9.94. The Bertz CT molecular complexity index is 467. The third kappa shape index (κ3) is 2.05. The molecule has 1 aliphatic carbocycles. The van der Waals surface area contributed by atoms with Gasteiger partial charge in [-0.25, -0.2) is 0 Å². The molecule has 0 aliphatic heterocycles. The molecule has 2 rings (SSSR count). The van der Waals surface area contributed by atoms with Gasteiger partial charge in [0.1, 0.15) is 0 Å². The molecule has 0 unspecified atom stereocenters. The molecule has 0 bridgehead atoms. The molecule has 0 amide bonds. The highest BCUT2D eigenvalue weighted by Crippen LogP contribution is 2.43. The Morgan fingerprint density at radius 1 is 1.35 bits per heavy atom. The van der Waals surface area contributed by atoms with Crippen molar-refractivity contribution in [3.8, 4) is 0 Å². The summed E-state index contributed by atoms with van der Waals surface area (Å²) in [6, 6.07) is 6.24. The molecule has 0 heterocycles. The van der Waals surface area contributed by atoms with Crippen LogP contribution in [0.25, 0.3) is 0 Å². The summed E-state index contributed by atoms with van der Waals surface area (Å²) in [7, 11) is 0. The summed E-state index contributed by atoms with van der Waals surface area (Å²) in [5.74, 6) is 0. The van der Waals surface area contributed by atoms with Gasteiger partial charge < -0.3 is 0 Å². The molecule has 0 spiro atoms. The Balaban J connectivity index is 2.47. The first-order chi connectivity index (χ1) is 8.06. The minimum atomic E-state index is -0.715. The number of hydrogen-bond donors (Lipinski definition) is 0. The maximum Gasteiger partial charge on any atom is 0.269 e. The van der Waals surface area contributed by atoms with E-state index < -0.39 is 15.6 Å². The number of hydrogen-bond acceptors (Lipinski definition) is 3. The van der Waals surface area contributed by atoms with Crippen LogP contribution in [0.1, 0.15) is 31.2 Å². The Kier molecular flexibility index (Phi) is 3.15. The van der Waals surface area contributed by atoms with Gasteiger partial charge in [-0.3, -0.25) is 14.9 Å². The molecular weight excluding hydrogens is 242 g/mol. The average Bonchev–Trinajstić information content (AvgIpc) is 2.79. The molecule has 90 valence electrons. The van der Waals surface area contributed by atoms with Gasteiger partial charge in [-0.2, -0.15) is 0 Å². The molecule has 0 saturated heterocycles. The maximum atomic E-state index is 11.6. The molecule has 5 heteroatoms. The van der Waals surface area contributed by atoms with Crippen LogP contribution in [0.3, 0.4) is 0 Å². The van der Waals surface area contributed by atoms with Crippen LogP contribution in [0.4, 0.5) is 5.69 Å². The summed E-state index contributed by atoms with van der Waals surface area (Å²) >= 11 is 5.70. The van der Waals surface area contributed by atoms with Crippen molar-refractivity contribution < 1.29 is 9.72 Å². The smallest absolute Gasteiger partial charge is 0.269 e. The van der Waals surface area contributed by atoms with E-state index in [2.05, 4.69) is 0 Å². The van der Waals surface area contributed by atoms with Crippen molar-refractivity contribution in [1.82, 2.24) is 0 Å². The topological polar surface area (TPSA) is 60.2 Å². The molecule has 1 aliphatic rings. The lowest BCUT2D eigenvalue weighted by Crippen LogP contribution is -2.29. The number of rotatable bonds is 3. The van der Waals surface area contributed by atoms with Crippen molar-refractivity contribution in [2.45, 2.75) is 31.1 Å². The molecule has 0 aromatic heterocycles. The van der Waals surface area contributed by atoms with Gasteiger partial charge in [0, 0.05) is 12.1 Å². The van der Waals surface area contributed by atoms with E-state index in [9.17, 15) is 14.9 Å². The summed E-state index contributed by atoms with van der Waals surface area (Å²) in [6.45, 7) is 0. The molecule has 0 N–H and O–H groups in total. The Labute approximate surface area is 104 Å². The number of nitro groups is 1. The highest BCUT2D eigenvalue weighted by Gasteiger charge is 2.42. The van der Waals surface area contributed by atoms with Crippen molar-refractivity contribution in [2.75, 3.05) is 0 Å². The fraction of sp³-hybridized carbons (Fsp3) is 0.417. The van der Waals surface area contributed by atoms with E-state index >= 15 is 0 Å². The summed E-state index contributed by atoms with van der Waals surface area (Å²) in [5, 5.41) is 10.3. The zero-order valence-electron chi connectivity index (χ0n) is 9.19. The lowest BCUT2D eigenvalue weighted by atomic mass is 9.80. The van der Waals surface area contributed by atoms with E-state index in [4.69, 9.17) is 11.6 Å². The maximum absolute atomic E-state index is 11.6. The lowest BCUT2D eigenvalue weighted by molar-refractivity contribution is -0.384. The molecule has 17 heavy (non-hydrogen) atoms. The SMILES string of the molecule is O=C(Cl)C1(c2cccc([N+](=O)[O-])c2)CCCC1. The fourth-order valence-corrected chi connectivity index (χ4v) is 2.79. The number of benzene rings is 1. The van der Waals surface area contributed by atoms with Crippen molar-refractivity contribution in [1.29, 1.82) is 0 Å². The second kappa shape index (κ2) is 4.45. The van der Waals surface area contributed by atoms with Crippen LogP contribution in [0.2, 0.25) is 0 Å². The molecule has 4 nitrogen and oxygen atoms in total. The summed E-state index contributed by atoms with van der Waals surface area (Å²) < 4.78 is 0. The van der Waals surface area contributed by atoms with Gasteiger partial charge in [-0.1, -0.05) is 25.0 Å². The molecule has 1 aromatic rings. The van der Waals surface area contributed by atoms with E-state index in [1.807, 2.05) is 0 Å². The Morgan fingerprint density at radius 3 is 2.53 bits per heavy atom. The van der Waals surface area contributed by atoms with Crippen LogP contribution < -0.4 is 0 Å². The van der Waals surface area contributed by atoms with E-state index in [0.29, 0.717) is 18.4 Å². The molecule has 1 saturated carbocycles. The van der Waals surface area contributed by atoms with Gasteiger partial charge >= 0.3 is 0 Å². The van der Waals surface area contributed by atoms with Crippen molar-refractivity contribution in [2.24, 2.45) is 0 Å². The number of nitro benzene ring substituents is 1. The summed E-state index contributed by atoms with van der Waals surface area (Å²) in [5.41, 5.74) is -0.0380. The molecule has 0 atom stereocenters. The fourth-order valence-electron chi connectivity index (χ4n) is 2.49. The second-order valence-electron chi connectivity index (χ2n) is 4.37. The predicted octanol–water partition coefficient (Wildman–Crippen LogP) is 3.17. The van der Waals surface area contributed by atoms with Crippen LogP contribution in [-0.4, -0.2) is 10.2 Å². The highest BCUT2D eigenvalue weighted by molar-refractivity contribution is 6.65. The minimum Gasteiger partial charge on any atom is -0.280 e. The first-order valence-electron chi connectivity index (χ1n) is 5.51. The summed E-state index contributed by atoms with van der Waals surface area (Å²) in [6.07, 6.45) is 3.22. The number of non-ortho nitro benzene ring substituents is 1. The zero-order chi connectivity index (χ0) is 12.5. The van der Waals surface area contributed by atoms with E-state index in [0.717, 1.165) is 12.8 Å². The van der Waals surface area contributed by atoms with Crippen LogP contribution in [0, 0.1) is 10.1 Å². The van der Waals surface area contributed by atoms with Crippen LogP contribution in [-0.2, 0) is 10.2 Å². The van der Waals surface area contributed by atoms with Crippen LogP contribution in [0.5, 0.6) is 0 Å². The van der Waals surface area contributed by atoms with Crippen molar-refractivity contribution >= 4 is 22.5 Å².